The molecule has 0 amide bonds. The molecular formula is C19H36N4O. The molecule has 1 atom stereocenters. The lowest BCUT2D eigenvalue weighted by Gasteiger charge is -2.23. The summed E-state index contributed by atoms with van der Waals surface area (Å²) in [6.07, 6.45) is 11.0. The average molecular weight is 337 g/mol. The summed E-state index contributed by atoms with van der Waals surface area (Å²) in [4.78, 5) is 7.31. The molecule has 138 valence electrons. The molecule has 0 radical (unpaired) electrons. The zero-order valence-corrected chi connectivity index (χ0v) is 15.4. The fourth-order valence-electron chi connectivity index (χ4n) is 4.61. The number of nitrogens with one attached hydrogen (secondary N) is 2. The molecule has 2 aliphatic carbocycles. The van der Waals surface area contributed by atoms with Gasteiger partial charge in [-0.3, -0.25) is 4.99 Å². The number of rotatable bonds is 6. The number of nitrogens with zero attached hydrogens (tertiary/aromatic N) is 2. The normalized spacial score (nSPS) is 28.6. The highest BCUT2D eigenvalue weighted by molar-refractivity contribution is 5.80. The number of aliphatic hydroxyl groups is 1. The molecule has 0 spiro atoms. The maximum Gasteiger partial charge on any atom is 0.191 e. The van der Waals surface area contributed by atoms with Crippen LogP contribution in [-0.2, 0) is 0 Å². The lowest BCUT2D eigenvalue weighted by Crippen LogP contribution is -2.45. The zero-order valence-electron chi connectivity index (χ0n) is 15.4. The van der Waals surface area contributed by atoms with E-state index in [1.165, 1.54) is 45.2 Å². The van der Waals surface area contributed by atoms with Crippen molar-refractivity contribution in [1.29, 1.82) is 0 Å². The van der Waals surface area contributed by atoms with Gasteiger partial charge in [-0.15, -0.1) is 0 Å². The lowest BCUT2D eigenvalue weighted by molar-refractivity contribution is 0.0574. The summed E-state index contributed by atoms with van der Waals surface area (Å²) >= 11 is 0. The van der Waals surface area contributed by atoms with Crippen LogP contribution in [0.2, 0.25) is 0 Å². The smallest absolute Gasteiger partial charge is 0.191 e. The van der Waals surface area contributed by atoms with Crippen molar-refractivity contribution >= 4 is 5.96 Å². The minimum atomic E-state index is -0.563. The zero-order chi connectivity index (χ0) is 16.8. The monoisotopic (exact) mass is 336 g/mol. The fraction of sp³-hybridized carbons (Fsp3) is 0.947. The molecule has 0 aromatic rings. The van der Waals surface area contributed by atoms with E-state index in [4.69, 9.17) is 0 Å². The van der Waals surface area contributed by atoms with Gasteiger partial charge in [-0.1, -0.05) is 25.7 Å². The number of guanidine groups is 1. The maximum atomic E-state index is 10.5. The van der Waals surface area contributed by atoms with Crippen molar-refractivity contribution in [3.05, 3.63) is 0 Å². The molecule has 0 bridgehead atoms. The number of hydrogen-bond donors (Lipinski definition) is 3. The summed E-state index contributed by atoms with van der Waals surface area (Å²) < 4.78 is 0. The molecule has 0 aromatic heterocycles. The van der Waals surface area contributed by atoms with Gasteiger partial charge in [0, 0.05) is 32.2 Å². The van der Waals surface area contributed by atoms with Crippen molar-refractivity contribution in [3.8, 4) is 0 Å². The summed E-state index contributed by atoms with van der Waals surface area (Å²) in [5.74, 6) is 1.81. The van der Waals surface area contributed by atoms with Gasteiger partial charge < -0.3 is 20.6 Å². The Balaban J connectivity index is 1.46. The van der Waals surface area contributed by atoms with Crippen molar-refractivity contribution in [1.82, 2.24) is 15.5 Å². The first-order valence-corrected chi connectivity index (χ1v) is 10.2. The molecule has 0 aromatic carbocycles. The van der Waals surface area contributed by atoms with E-state index >= 15 is 0 Å². The summed E-state index contributed by atoms with van der Waals surface area (Å²) in [5.41, 5.74) is -0.563. The van der Waals surface area contributed by atoms with Crippen LogP contribution in [0, 0.1) is 5.92 Å². The second-order valence-electron chi connectivity index (χ2n) is 8.17. The topological polar surface area (TPSA) is 59.9 Å². The minimum absolute atomic E-state index is 0.488. The first kappa shape index (κ1) is 18.0. The van der Waals surface area contributed by atoms with Crippen molar-refractivity contribution in [2.24, 2.45) is 10.9 Å². The molecule has 3 fully saturated rings. The second kappa shape index (κ2) is 8.52. The summed E-state index contributed by atoms with van der Waals surface area (Å²) in [7, 11) is 0. The molecule has 24 heavy (non-hydrogen) atoms. The molecule has 1 heterocycles. The molecule has 1 unspecified atom stereocenters. The molecule has 5 nitrogen and oxygen atoms in total. The van der Waals surface area contributed by atoms with Crippen LogP contribution in [0.15, 0.2) is 4.99 Å². The van der Waals surface area contributed by atoms with Crippen molar-refractivity contribution < 1.29 is 5.11 Å². The third-order valence-corrected chi connectivity index (χ3v) is 6.01. The van der Waals surface area contributed by atoms with Crippen molar-refractivity contribution in [2.45, 2.75) is 76.4 Å². The van der Waals surface area contributed by atoms with Gasteiger partial charge in [-0.05, 0) is 44.9 Å². The van der Waals surface area contributed by atoms with Crippen LogP contribution in [-0.4, -0.2) is 60.3 Å². The van der Waals surface area contributed by atoms with Gasteiger partial charge in [0.05, 0.1) is 12.1 Å². The van der Waals surface area contributed by atoms with Crippen LogP contribution in [0.25, 0.3) is 0 Å². The largest absolute Gasteiger partial charge is 0.388 e. The SMILES string of the molecule is CCNC(=NCC1(O)CCCC1)NC1CCN(CC2CCCC2)C1. The number of likely N-dealkylation sites (tertiary alicyclic amines) is 1. The Morgan fingerprint density at radius 2 is 1.92 bits per heavy atom. The van der Waals surface area contributed by atoms with E-state index in [0.717, 1.165) is 50.7 Å². The van der Waals surface area contributed by atoms with E-state index < -0.39 is 5.60 Å². The van der Waals surface area contributed by atoms with E-state index in [0.29, 0.717) is 12.6 Å². The van der Waals surface area contributed by atoms with Gasteiger partial charge in [0.15, 0.2) is 5.96 Å². The first-order valence-electron chi connectivity index (χ1n) is 10.2. The Morgan fingerprint density at radius 1 is 1.17 bits per heavy atom. The van der Waals surface area contributed by atoms with Gasteiger partial charge >= 0.3 is 0 Å². The Kier molecular flexibility index (Phi) is 6.39. The van der Waals surface area contributed by atoms with Crippen LogP contribution in [0.5, 0.6) is 0 Å². The Labute approximate surface area is 147 Å². The van der Waals surface area contributed by atoms with Crippen LogP contribution in [0.1, 0.15) is 64.7 Å². The minimum Gasteiger partial charge on any atom is -0.388 e. The predicted molar refractivity (Wildman–Crippen MR) is 99.3 cm³/mol. The molecule has 1 aliphatic heterocycles. The van der Waals surface area contributed by atoms with Crippen LogP contribution < -0.4 is 10.6 Å². The van der Waals surface area contributed by atoms with Crippen molar-refractivity contribution in [2.75, 3.05) is 32.7 Å². The molecule has 3 aliphatic rings. The standard InChI is InChI=1S/C19H36N4O/c1-2-20-18(21-15-19(24)10-5-6-11-19)22-17-9-12-23(14-17)13-16-7-3-4-8-16/h16-17,24H,2-15H2,1H3,(H2,20,21,22). The second-order valence-corrected chi connectivity index (χ2v) is 8.17. The third kappa shape index (κ3) is 5.09. The van der Waals surface area contributed by atoms with Crippen molar-refractivity contribution in [3.63, 3.8) is 0 Å². The average Bonchev–Trinajstić information content (AvgIpc) is 3.30. The van der Waals surface area contributed by atoms with Gasteiger partial charge in [-0.2, -0.15) is 0 Å². The van der Waals surface area contributed by atoms with Crippen LogP contribution in [0.4, 0.5) is 0 Å². The predicted octanol–water partition coefficient (Wildman–Crippen LogP) is 2.11. The van der Waals surface area contributed by atoms with E-state index in [1.807, 2.05) is 0 Å². The summed E-state index contributed by atoms with van der Waals surface area (Å²) in [5, 5.41) is 17.4. The summed E-state index contributed by atoms with van der Waals surface area (Å²) in [6, 6.07) is 0.488. The Morgan fingerprint density at radius 3 is 2.62 bits per heavy atom. The van der Waals surface area contributed by atoms with Gasteiger partial charge in [0.2, 0.25) is 0 Å². The highest BCUT2D eigenvalue weighted by atomic mass is 16.3. The summed E-state index contributed by atoms with van der Waals surface area (Å²) in [6.45, 7) is 7.11. The van der Waals surface area contributed by atoms with Gasteiger partial charge in [-0.25, -0.2) is 0 Å². The highest BCUT2D eigenvalue weighted by Gasteiger charge is 2.31. The fourth-order valence-corrected chi connectivity index (χ4v) is 4.61. The Hall–Kier alpha value is -0.810. The highest BCUT2D eigenvalue weighted by Crippen LogP contribution is 2.29. The number of hydrogen-bond acceptors (Lipinski definition) is 3. The molecule has 1 saturated heterocycles. The van der Waals surface area contributed by atoms with E-state index in [2.05, 4.69) is 27.4 Å². The van der Waals surface area contributed by atoms with Gasteiger partial charge in [0.25, 0.3) is 0 Å². The molecule has 3 rings (SSSR count). The molecule has 3 N–H and O–H groups in total. The van der Waals surface area contributed by atoms with E-state index in [-0.39, 0.29) is 0 Å². The molecule has 5 heteroatoms. The maximum absolute atomic E-state index is 10.5. The first-order chi connectivity index (χ1) is 11.7. The van der Waals surface area contributed by atoms with E-state index in [9.17, 15) is 5.11 Å². The molecular weight excluding hydrogens is 300 g/mol. The quantitative estimate of drug-likeness (QED) is 0.514. The van der Waals surface area contributed by atoms with Crippen LogP contribution in [0.3, 0.4) is 0 Å². The number of aliphatic imine (C=N–C) groups is 1. The molecule has 2 saturated carbocycles. The van der Waals surface area contributed by atoms with Crippen LogP contribution >= 0.6 is 0 Å². The lowest BCUT2D eigenvalue weighted by atomic mass is 10.0. The third-order valence-electron chi connectivity index (χ3n) is 6.01. The van der Waals surface area contributed by atoms with E-state index in [1.54, 1.807) is 0 Å². The van der Waals surface area contributed by atoms with Gasteiger partial charge in [0.1, 0.15) is 0 Å². The Bertz CT molecular complexity index is 414.